The molecule has 0 aliphatic heterocycles. The van der Waals surface area contributed by atoms with Crippen LogP contribution in [0.25, 0.3) is 10.9 Å². The number of hydrogen-bond acceptors (Lipinski definition) is 2. The third-order valence-corrected chi connectivity index (χ3v) is 3.35. The smallest absolute Gasteiger partial charge is 0.308 e. The Hall–Kier alpha value is -2.30. The summed E-state index contributed by atoms with van der Waals surface area (Å²) < 4.78 is 0. The van der Waals surface area contributed by atoms with E-state index in [0.717, 1.165) is 10.9 Å². The van der Waals surface area contributed by atoms with E-state index in [1.165, 1.54) is 0 Å². The molecule has 5 heteroatoms. The molecule has 5 nitrogen and oxygen atoms in total. The average Bonchev–Trinajstić information content (AvgIpc) is 2.87. The third-order valence-electron chi connectivity index (χ3n) is 3.35. The molecule has 2 aromatic rings. The Labute approximate surface area is 117 Å². The maximum Gasteiger partial charge on any atom is 0.308 e. The maximum atomic E-state index is 12.4. The van der Waals surface area contributed by atoms with Crippen molar-refractivity contribution in [1.82, 2.24) is 9.88 Å². The van der Waals surface area contributed by atoms with Crippen LogP contribution in [0.3, 0.4) is 0 Å². The van der Waals surface area contributed by atoms with Gasteiger partial charge in [-0.15, -0.1) is 0 Å². The van der Waals surface area contributed by atoms with Crippen molar-refractivity contribution >= 4 is 22.8 Å². The van der Waals surface area contributed by atoms with E-state index in [0.29, 0.717) is 12.2 Å². The lowest BCUT2D eigenvalue weighted by Gasteiger charge is -2.22. The van der Waals surface area contributed by atoms with Crippen molar-refractivity contribution < 1.29 is 14.7 Å². The largest absolute Gasteiger partial charge is 0.481 e. The van der Waals surface area contributed by atoms with Crippen molar-refractivity contribution in [1.29, 1.82) is 0 Å². The summed E-state index contributed by atoms with van der Waals surface area (Å²) in [7, 11) is 0. The van der Waals surface area contributed by atoms with E-state index in [2.05, 4.69) is 4.98 Å². The van der Waals surface area contributed by atoms with Gasteiger partial charge in [0.1, 0.15) is 5.69 Å². The highest BCUT2D eigenvalue weighted by atomic mass is 16.4. The number of carboxylic acid groups (broad SMARTS) is 1. The highest BCUT2D eigenvalue weighted by Gasteiger charge is 2.21. The molecule has 0 spiro atoms. The highest BCUT2D eigenvalue weighted by Crippen LogP contribution is 2.16. The zero-order chi connectivity index (χ0) is 14.7. The standard InChI is InChI=1S/C15H18N2O3/c1-3-17(9-10(2)15(19)20)14(18)13-8-11-6-4-5-7-12(11)16-13/h4-8,10,16H,3,9H2,1-2H3,(H,19,20). The molecule has 0 aliphatic rings. The molecule has 1 aromatic heterocycles. The lowest BCUT2D eigenvalue weighted by atomic mass is 10.1. The van der Waals surface area contributed by atoms with Crippen LogP contribution in [0.1, 0.15) is 24.3 Å². The molecule has 1 amide bonds. The van der Waals surface area contributed by atoms with Gasteiger partial charge in [-0.3, -0.25) is 9.59 Å². The minimum absolute atomic E-state index is 0.170. The zero-order valence-electron chi connectivity index (χ0n) is 11.6. The van der Waals surface area contributed by atoms with Crippen LogP contribution in [0.2, 0.25) is 0 Å². The summed E-state index contributed by atoms with van der Waals surface area (Å²) >= 11 is 0. The quantitative estimate of drug-likeness (QED) is 0.879. The van der Waals surface area contributed by atoms with Gasteiger partial charge < -0.3 is 15.0 Å². The first-order valence-electron chi connectivity index (χ1n) is 6.62. The summed E-state index contributed by atoms with van der Waals surface area (Å²) in [6.45, 7) is 4.13. The first kappa shape index (κ1) is 14.1. The van der Waals surface area contributed by atoms with Gasteiger partial charge in [-0.25, -0.2) is 0 Å². The lowest BCUT2D eigenvalue weighted by molar-refractivity contribution is -0.141. The van der Waals surface area contributed by atoms with E-state index in [1.807, 2.05) is 31.2 Å². The van der Waals surface area contributed by atoms with E-state index in [1.54, 1.807) is 17.9 Å². The lowest BCUT2D eigenvalue weighted by Crippen LogP contribution is -2.36. The summed E-state index contributed by atoms with van der Waals surface area (Å²) in [5, 5.41) is 9.92. The van der Waals surface area contributed by atoms with Crippen molar-refractivity contribution in [3.05, 3.63) is 36.0 Å². The van der Waals surface area contributed by atoms with Crippen LogP contribution in [0.5, 0.6) is 0 Å². The van der Waals surface area contributed by atoms with Crippen LogP contribution in [0.15, 0.2) is 30.3 Å². The number of fused-ring (bicyclic) bond motifs is 1. The van der Waals surface area contributed by atoms with Crippen LogP contribution in [0.4, 0.5) is 0 Å². The molecular formula is C15H18N2O3. The van der Waals surface area contributed by atoms with Crippen LogP contribution in [-0.4, -0.2) is 40.0 Å². The molecule has 0 saturated heterocycles. The summed E-state index contributed by atoms with van der Waals surface area (Å²) in [6, 6.07) is 9.44. The molecular weight excluding hydrogens is 256 g/mol. The molecule has 0 fully saturated rings. The number of aromatic nitrogens is 1. The molecule has 1 heterocycles. The van der Waals surface area contributed by atoms with Gasteiger partial charge in [-0.05, 0) is 19.1 Å². The molecule has 106 valence electrons. The Balaban J connectivity index is 2.21. The molecule has 2 rings (SSSR count). The molecule has 0 aliphatic carbocycles. The van der Waals surface area contributed by atoms with Gasteiger partial charge in [0.25, 0.3) is 5.91 Å². The van der Waals surface area contributed by atoms with Gasteiger partial charge in [0.15, 0.2) is 0 Å². The second kappa shape index (κ2) is 5.77. The number of nitrogens with one attached hydrogen (secondary N) is 1. The van der Waals surface area contributed by atoms with Crippen LogP contribution < -0.4 is 0 Å². The molecule has 1 aromatic carbocycles. The number of carbonyl (C=O) groups is 2. The Kier molecular flexibility index (Phi) is 4.08. The van der Waals surface area contributed by atoms with E-state index < -0.39 is 11.9 Å². The molecule has 2 N–H and O–H groups in total. The Bertz CT molecular complexity index is 600. The number of rotatable bonds is 5. The number of aliphatic carboxylic acids is 1. The molecule has 1 atom stereocenters. The topological polar surface area (TPSA) is 73.4 Å². The predicted octanol–water partition coefficient (Wildman–Crippen LogP) is 2.35. The Morgan fingerprint density at radius 2 is 2.05 bits per heavy atom. The van der Waals surface area contributed by atoms with Crippen LogP contribution in [0, 0.1) is 5.92 Å². The maximum absolute atomic E-state index is 12.4. The fourth-order valence-electron chi connectivity index (χ4n) is 2.12. The summed E-state index contributed by atoms with van der Waals surface area (Å²) in [4.78, 5) is 27.9. The van der Waals surface area contributed by atoms with Crippen molar-refractivity contribution in [2.24, 2.45) is 5.92 Å². The van der Waals surface area contributed by atoms with E-state index in [-0.39, 0.29) is 12.5 Å². The molecule has 0 radical (unpaired) electrons. The van der Waals surface area contributed by atoms with Gasteiger partial charge in [0.05, 0.1) is 5.92 Å². The van der Waals surface area contributed by atoms with E-state index in [9.17, 15) is 9.59 Å². The second-order valence-corrected chi connectivity index (χ2v) is 4.85. The number of hydrogen-bond donors (Lipinski definition) is 2. The first-order valence-corrected chi connectivity index (χ1v) is 6.62. The first-order chi connectivity index (χ1) is 9.52. The number of aromatic amines is 1. The van der Waals surface area contributed by atoms with Crippen molar-refractivity contribution in [2.45, 2.75) is 13.8 Å². The summed E-state index contributed by atoms with van der Waals surface area (Å²) in [5.74, 6) is -1.65. The van der Waals surface area contributed by atoms with Crippen molar-refractivity contribution in [2.75, 3.05) is 13.1 Å². The third kappa shape index (κ3) is 2.82. The Morgan fingerprint density at radius 3 is 2.65 bits per heavy atom. The molecule has 1 unspecified atom stereocenters. The SMILES string of the molecule is CCN(CC(C)C(=O)O)C(=O)c1cc2ccccc2[nH]1. The van der Waals surface area contributed by atoms with Crippen molar-refractivity contribution in [3.8, 4) is 0 Å². The Morgan fingerprint density at radius 1 is 1.35 bits per heavy atom. The van der Waals surface area contributed by atoms with Crippen molar-refractivity contribution in [3.63, 3.8) is 0 Å². The molecule has 20 heavy (non-hydrogen) atoms. The predicted molar refractivity (Wildman–Crippen MR) is 76.7 cm³/mol. The summed E-state index contributed by atoms with van der Waals surface area (Å²) in [5.41, 5.74) is 1.39. The minimum Gasteiger partial charge on any atom is -0.481 e. The fraction of sp³-hybridized carbons (Fsp3) is 0.333. The van der Waals surface area contributed by atoms with Gasteiger partial charge in [0.2, 0.25) is 0 Å². The average molecular weight is 274 g/mol. The van der Waals surface area contributed by atoms with E-state index >= 15 is 0 Å². The van der Waals surface area contributed by atoms with Gasteiger partial charge in [-0.2, -0.15) is 0 Å². The normalized spacial score (nSPS) is 12.3. The number of carboxylic acids is 1. The second-order valence-electron chi connectivity index (χ2n) is 4.85. The van der Waals surface area contributed by atoms with Crippen LogP contribution in [-0.2, 0) is 4.79 Å². The van der Waals surface area contributed by atoms with Crippen LogP contribution >= 0.6 is 0 Å². The van der Waals surface area contributed by atoms with Gasteiger partial charge >= 0.3 is 5.97 Å². The number of carbonyl (C=O) groups excluding carboxylic acids is 1. The number of H-pyrrole nitrogens is 1. The summed E-state index contributed by atoms with van der Waals surface area (Å²) in [6.07, 6.45) is 0. The highest BCUT2D eigenvalue weighted by molar-refractivity contribution is 5.98. The number of amides is 1. The molecule has 0 bridgehead atoms. The fourth-order valence-corrected chi connectivity index (χ4v) is 2.12. The van der Waals surface area contributed by atoms with Gasteiger partial charge in [-0.1, -0.05) is 25.1 Å². The minimum atomic E-state index is -0.895. The number of para-hydroxylation sites is 1. The van der Waals surface area contributed by atoms with Gasteiger partial charge in [0, 0.05) is 24.0 Å². The molecule has 0 saturated carbocycles. The number of nitrogens with zero attached hydrogens (tertiary/aromatic N) is 1. The zero-order valence-corrected chi connectivity index (χ0v) is 11.6. The number of benzene rings is 1. The monoisotopic (exact) mass is 274 g/mol. The van der Waals surface area contributed by atoms with E-state index in [4.69, 9.17) is 5.11 Å².